The first-order valence-electron chi connectivity index (χ1n) is 12.2. The van der Waals surface area contributed by atoms with E-state index in [9.17, 15) is 4.79 Å². The summed E-state index contributed by atoms with van der Waals surface area (Å²) < 4.78 is 14.6. The standard InChI is InChI=1S/C27H31BrN4O3S/c1-4-6-14-34-22-13-12-20(28)16-21(22)24-23(25(33)35-17-19-10-8-7-9-11-19)18(3)29-26-30-27(31-32(24)26)36-15-5-2/h7-13,16,24H,4-6,14-15,17H2,1-3H3,(H,29,30,31). The Morgan fingerprint density at radius 1 is 1.17 bits per heavy atom. The van der Waals surface area contributed by atoms with E-state index >= 15 is 0 Å². The van der Waals surface area contributed by atoms with Crippen LogP contribution >= 0.6 is 27.7 Å². The molecule has 1 unspecified atom stereocenters. The monoisotopic (exact) mass is 570 g/mol. The van der Waals surface area contributed by atoms with Crippen molar-refractivity contribution in [2.75, 3.05) is 17.7 Å². The maximum absolute atomic E-state index is 13.6. The maximum atomic E-state index is 13.6. The van der Waals surface area contributed by atoms with Crippen LogP contribution in [0, 0.1) is 0 Å². The SMILES string of the molecule is CCCCOc1ccc(Br)cc1C1C(C(=O)OCc2ccccc2)=C(C)Nc2nc(SCCC)nn21. The lowest BCUT2D eigenvalue weighted by Crippen LogP contribution is -2.30. The summed E-state index contributed by atoms with van der Waals surface area (Å²) in [6, 6.07) is 15.0. The molecule has 1 atom stereocenters. The number of unbranched alkanes of at least 4 members (excludes halogenated alkanes) is 1. The fourth-order valence-corrected chi connectivity index (χ4v) is 4.99. The quantitative estimate of drug-likeness (QED) is 0.155. The Kier molecular flexibility index (Phi) is 9.09. The molecule has 4 rings (SSSR count). The summed E-state index contributed by atoms with van der Waals surface area (Å²) in [5.41, 5.74) is 2.92. The van der Waals surface area contributed by atoms with Crippen LogP contribution in [0.1, 0.15) is 57.2 Å². The molecule has 0 saturated heterocycles. The minimum atomic E-state index is -0.554. The zero-order valence-corrected chi connectivity index (χ0v) is 23.2. The average molecular weight is 572 g/mol. The molecule has 9 heteroatoms. The Morgan fingerprint density at radius 2 is 1.97 bits per heavy atom. The molecule has 1 aliphatic heterocycles. The molecular formula is C27H31BrN4O3S. The van der Waals surface area contributed by atoms with Gasteiger partial charge in [-0.1, -0.05) is 78.3 Å². The number of halogens is 1. The van der Waals surface area contributed by atoms with Crippen LogP contribution in [0.3, 0.4) is 0 Å². The molecule has 190 valence electrons. The average Bonchev–Trinajstić information content (AvgIpc) is 3.29. The maximum Gasteiger partial charge on any atom is 0.338 e. The van der Waals surface area contributed by atoms with E-state index in [1.54, 1.807) is 16.4 Å². The number of allylic oxidation sites excluding steroid dienone is 1. The Labute approximate surface area is 224 Å². The molecule has 0 fully saturated rings. The minimum absolute atomic E-state index is 0.184. The number of hydrogen-bond donors (Lipinski definition) is 1. The van der Waals surface area contributed by atoms with Gasteiger partial charge in [0.1, 0.15) is 18.4 Å². The fraction of sp³-hybridized carbons (Fsp3) is 0.370. The number of thioether (sulfide) groups is 1. The van der Waals surface area contributed by atoms with Crippen molar-refractivity contribution in [3.63, 3.8) is 0 Å². The molecule has 7 nitrogen and oxygen atoms in total. The van der Waals surface area contributed by atoms with Crippen LogP contribution in [-0.2, 0) is 16.1 Å². The predicted octanol–water partition coefficient (Wildman–Crippen LogP) is 6.75. The molecular weight excluding hydrogens is 540 g/mol. The highest BCUT2D eigenvalue weighted by atomic mass is 79.9. The summed E-state index contributed by atoms with van der Waals surface area (Å²) in [5.74, 6) is 1.81. The molecule has 0 spiro atoms. The molecule has 36 heavy (non-hydrogen) atoms. The number of nitrogens with zero attached hydrogens (tertiary/aromatic N) is 3. The van der Waals surface area contributed by atoms with Gasteiger partial charge < -0.3 is 14.8 Å². The number of carbonyl (C=O) groups excluding carboxylic acids is 1. The molecule has 0 bridgehead atoms. The van der Waals surface area contributed by atoms with Crippen molar-refractivity contribution in [1.82, 2.24) is 14.8 Å². The van der Waals surface area contributed by atoms with Crippen LogP contribution in [-0.4, -0.2) is 33.1 Å². The van der Waals surface area contributed by atoms with Crippen LogP contribution in [0.4, 0.5) is 5.95 Å². The molecule has 1 aromatic heterocycles. The zero-order valence-electron chi connectivity index (χ0n) is 20.8. The molecule has 0 saturated carbocycles. The van der Waals surface area contributed by atoms with Gasteiger partial charge in [0.2, 0.25) is 11.1 Å². The number of benzene rings is 2. The summed E-state index contributed by atoms with van der Waals surface area (Å²) in [6.45, 7) is 6.90. The Bertz CT molecular complexity index is 1230. The first-order chi connectivity index (χ1) is 17.5. The number of anilines is 1. The number of hydrogen-bond acceptors (Lipinski definition) is 7. The van der Waals surface area contributed by atoms with Crippen LogP contribution < -0.4 is 10.1 Å². The van der Waals surface area contributed by atoms with Crippen molar-refractivity contribution >= 4 is 39.6 Å². The summed E-state index contributed by atoms with van der Waals surface area (Å²) in [5, 5.41) is 8.73. The second-order valence-electron chi connectivity index (χ2n) is 8.52. The van der Waals surface area contributed by atoms with Gasteiger partial charge >= 0.3 is 5.97 Å². The van der Waals surface area contributed by atoms with E-state index in [0.717, 1.165) is 40.6 Å². The first-order valence-corrected chi connectivity index (χ1v) is 14.0. The third-order valence-corrected chi connectivity index (χ3v) is 7.26. The summed E-state index contributed by atoms with van der Waals surface area (Å²) in [7, 11) is 0. The Hall–Kier alpha value is -2.78. The van der Waals surface area contributed by atoms with E-state index in [2.05, 4.69) is 35.1 Å². The Balaban J connectivity index is 1.75. The number of nitrogens with one attached hydrogen (secondary N) is 1. The van der Waals surface area contributed by atoms with E-state index in [-0.39, 0.29) is 6.61 Å². The van der Waals surface area contributed by atoms with Crippen LogP contribution in [0.25, 0.3) is 0 Å². The van der Waals surface area contributed by atoms with Crippen LogP contribution in [0.15, 0.2) is 69.4 Å². The van der Waals surface area contributed by atoms with E-state index in [0.29, 0.717) is 34.7 Å². The molecule has 0 amide bonds. The normalized spacial score (nSPS) is 14.8. The first kappa shape index (κ1) is 26.3. The number of fused-ring (bicyclic) bond motifs is 1. The van der Waals surface area contributed by atoms with Gasteiger partial charge in [0, 0.05) is 21.5 Å². The van der Waals surface area contributed by atoms with Gasteiger partial charge in [-0.15, -0.1) is 5.10 Å². The van der Waals surface area contributed by atoms with Crippen molar-refractivity contribution in [2.45, 2.75) is 57.8 Å². The van der Waals surface area contributed by atoms with Gasteiger partial charge in [0.25, 0.3) is 0 Å². The number of aromatic nitrogens is 3. The van der Waals surface area contributed by atoms with Gasteiger partial charge in [0.05, 0.1) is 12.2 Å². The highest BCUT2D eigenvalue weighted by Gasteiger charge is 2.37. The fourth-order valence-electron chi connectivity index (χ4n) is 3.93. The molecule has 1 N–H and O–H groups in total. The van der Waals surface area contributed by atoms with E-state index in [4.69, 9.17) is 19.6 Å². The third kappa shape index (κ3) is 6.13. The molecule has 2 heterocycles. The summed E-state index contributed by atoms with van der Waals surface area (Å²) in [4.78, 5) is 18.3. The number of esters is 1. The summed E-state index contributed by atoms with van der Waals surface area (Å²) >= 11 is 5.20. The Morgan fingerprint density at radius 3 is 2.72 bits per heavy atom. The zero-order chi connectivity index (χ0) is 25.5. The highest BCUT2D eigenvalue weighted by Crippen LogP contribution is 2.41. The molecule has 3 aromatic rings. The molecule has 2 aromatic carbocycles. The van der Waals surface area contributed by atoms with Crippen molar-refractivity contribution in [3.05, 3.63) is 75.4 Å². The van der Waals surface area contributed by atoms with Crippen molar-refractivity contribution in [3.8, 4) is 5.75 Å². The van der Waals surface area contributed by atoms with E-state index < -0.39 is 12.0 Å². The lowest BCUT2D eigenvalue weighted by atomic mass is 9.95. The smallest absolute Gasteiger partial charge is 0.338 e. The predicted molar refractivity (Wildman–Crippen MR) is 146 cm³/mol. The molecule has 0 radical (unpaired) electrons. The lowest BCUT2D eigenvalue weighted by molar-refractivity contribution is -0.140. The number of carbonyl (C=O) groups is 1. The second kappa shape index (κ2) is 12.5. The number of ether oxygens (including phenoxy) is 2. The van der Waals surface area contributed by atoms with Crippen LogP contribution in [0.2, 0.25) is 0 Å². The van der Waals surface area contributed by atoms with Gasteiger partial charge in [0.15, 0.2) is 0 Å². The second-order valence-corrected chi connectivity index (χ2v) is 10.5. The van der Waals surface area contributed by atoms with Gasteiger partial charge in [-0.05, 0) is 43.5 Å². The van der Waals surface area contributed by atoms with Crippen molar-refractivity contribution < 1.29 is 14.3 Å². The topological polar surface area (TPSA) is 78.3 Å². The van der Waals surface area contributed by atoms with E-state index in [1.165, 1.54) is 0 Å². The summed E-state index contributed by atoms with van der Waals surface area (Å²) in [6.07, 6.45) is 2.98. The van der Waals surface area contributed by atoms with E-state index in [1.807, 2.05) is 55.5 Å². The van der Waals surface area contributed by atoms with Gasteiger partial charge in [-0.3, -0.25) is 0 Å². The van der Waals surface area contributed by atoms with Crippen LogP contribution in [0.5, 0.6) is 5.75 Å². The minimum Gasteiger partial charge on any atom is -0.493 e. The van der Waals surface area contributed by atoms with Gasteiger partial charge in [-0.2, -0.15) is 4.98 Å². The van der Waals surface area contributed by atoms with Crippen molar-refractivity contribution in [1.29, 1.82) is 0 Å². The molecule has 1 aliphatic rings. The lowest BCUT2D eigenvalue weighted by Gasteiger charge is -2.29. The van der Waals surface area contributed by atoms with Gasteiger partial charge in [-0.25, -0.2) is 9.48 Å². The molecule has 0 aliphatic carbocycles. The largest absolute Gasteiger partial charge is 0.493 e. The third-order valence-electron chi connectivity index (χ3n) is 5.72. The van der Waals surface area contributed by atoms with Crippen molar-refractivity contribution in [2.24, 2.45) is 0 Å². The number of rotatable bonds is 11. The highest BCUT2D eigenvalue weighted by molar-refractivity contribution is 9.10.